The Morgan fingerprint density at radius 2 is 2.04 bits per heavy atom. The molecule has 6 nitrogen and oxygen atoms in total. The molecule has 3 N–H and O–H groups in total. The fourth-order valence-electron chi connectivity index (χ4n) is 3.32. The lowest BCUT2D eigenvalue weighted by molar-refractivity contribution is 0.439. The first-order valence-electron chi connectivity index (χ1n) is 8.44. The van der Waals surface area contributed by atoms with Gasteiger partial charge in [-0.05, 0) is 24.1 Å². The zero-order valence-corrected chi connectivity index (χ0v) is 16.6. The Hall–Kier alpha value is -1.90. The van der Waals surface area contributed by atoms with E-state index in [-0.39, 0.29) is 9.62 Å². The average molecular weight is 393 g/mol. The highest BCUT2D eigenvalue weighted by atomic mass is 32.2. The molecule has 8 heteroatoms. The number of thiophene rings is 1. The molecule has 3 rings (SSSR count). The van der Waals surface area contributed by atoms with Crippen molar-refractivity contribution in [3.8, 4) is 0 Å². The van der Waals surface area contributed by atoms with E-state index >= 15 is 0 Å². The SMILES string of the molecule is CN=C(NCc1ccc(S(N)(=O)=O)s1)N1CCC(C)(c2ccccc2)C1. The lowest BCUT2D eigenvalue weighted by Gasteiger charge is -2.27. The molecule has 1 unspecified atom stereocenters. The lowest BCUT2D eigenvalue weighted by atomic mass is 9.82. The maximum atomic E-state index is 11.4. The molecule has 1 atom stereocenters. The highest BCUT2D eigenvalue weighted by Gasteiger charge is 2.36. The molecule has 0 bridgehead atoms. The van der Waals surface area contributed by atoms with Crippen LogP contribution in [0.4, 0.5) is 0 Å². The largest absolute Gasteiger partial charge is 0.351 e. The number of nitrogens with zero attached hydrogens (tertiary/aromatic N) is 2. The summed E-state index contributed by atoms with van der Waals surface area (Å²) in [7, 11) is -1.87. The number of nitrogens with one attached hydrogen (secondary N) is 1. The van der Waals surface area contributed by atoms with Crippen LogP contribution in [0, 0.1) is 0 Å². The second-order valence-electron chi connectivity index (χ2n) is 6.76. The summed E-state index contributed by atoms with van der Waals surface area (Å²) in [4.78, 5) is 7.55. The van der Waals surface area contributed by atoms with Gasteiger partial charge in [0.15, 0.2) is 5.96 Å². The van der Waals surface area contributed by atoms with Crippen LogP contribution in [0.5, 0.6) is 0 Å². The van der Waals surface area contributed by atoms with Crippen LogP contribution in [-0.2, 0) is 22.0 Å². The summed E-state index contributed by atoms with van der Waals surface area (Å²) in [5, 5.41) is 8.50. The van der Waals surface area contributed by atoms with Crippen molar-refractivity contribution < 1.29 is 8.42 Å². The average Bonchev–Trinajstić information content (AvgIpc) is 3.24. The molecule has 140 valence electrons. The number of likely N-dealkylation sites (tertiary alicyclic amines) is 1. The van der Waals surface area contributed by atoms with Crippen LogP contribution in [0.3, 0.4) is 0 Å². The minimum Gasteiger partial charge on any atom is -0.351 e. The van der Waals surface area contributed by atoms with E-state index < -0.39 is 10.0 Å². The predicted molar refractivity (Wildman–Crippen MR) is 106 cm³/mol. The molecular weight excluding hydrogens is 368 g/mol. The molecule has 1 aliphatic rings. The fourth-order valence-corrected chi connectivity index (χ4v) is 5.04. The summed E-state index contributed by atoms with van der Waals surface area (Å²) in [5.41, 5.74) is 1.44. The molecule has 0 saturated carbocycles. The number of aliphatic imine (C=N–C) groups is 1. The summed E-state index contributed by atoms with van der Waals surface area (Å²) in [5.74, 6) is 0.829. The fraction of sp³-hybridized carbons (Fsp3) is 0.389. The number of nitrogens with two attached hydrogens (primary N) is 1. The third-order valence-corrected chi connectivity index (χ3v) is 7.32. The van der Waals surface area contributed by atoms with E-state index in [0.717, 1.165) is 30.3 Å². The van der Waals surface area contributed by atoms with Gasteiger partial charge in [-0.1, -0.05) is 37.3 Å². The van der Waals surface area contributed by atoms with Crippen LogP contribution in [0.1, 0.15) is 23.8 Å². The molecule has 0 aliphatic carbocycles. The number of hydrogen-bond acceptors (Lipinski definition) is 4. The van der Waals surface area contributed by atoms with Crippen molar-refractivity contribution in [2.75, 3.05) is 20.1 Å². The molecule has 2 heterocycles. The van der Waals surface area contributed by atoms with Crippen molar-refractivity contribution >= 4 is 27.3 Å². The molecule has 1 saturated heterocycles. The quantitative estimate of drug-likeness (QED) is 0.616. The van der Waals surface area contributed by atoms with Crippen LogP contribution in [0.15, 0.2) is 51.7 Å². The van der Waals surface area contributed by atoms with Crippen molar-refractivity contribution in [2.24, 2.45) is 10.1 Å². The van der Waals surface area contributed by atoms with Crippen LogP contribution < -0.4 is 10.5 Å². The maximum absolute atomic E-state index is 11.4. The second kappa shape index (κ2) is 7.38. The van der Waals surface area contributed by atoms with Crippen LogP contribution in [0.25, 0.3) is 0 Å². The Morgan fingerprint density at radius 1 is 1.31 bits per heavy atom. The predicted octanol–water partition coefficient (Wildman–Crippen LogP) is 2.13. The Balaban J connectivity index is 1.64. The van der Waals surface area contributed by atoms with Gasteiger partial charge in [-0.25, -0.2) is 13.6 Å². The third-order valence-electron chi connectivity index (χ3n) is 4.79. The number of guanidine groups is 1. The first kappa shape index (κ1) is 18.9. The number of sulfonamides is 1. The van der Waals surface area contributed by atoms with Crippen molar-refractivity contribution in [1.82, 2.24) is 10.2 Å². The Kier molecular flexibility index (Phi) is 5.36. The smallest absolute Gasteiger partial charge is 0.247 e. The van der Waals surface area contributed by atoms with E-state index in [1.165, 1.54) is 16.9 Å². The topological polar surface area (TPSA) is 87.8 Å². The van der Waals surface area contributed by atoms with E-state index in [4.69, 9.17) is 5.14 Å². The van der Waals surface area contributed by atoms with Gasteiger partial charge in [-0.2, -0.15) is 0 Å². The highest BCUT2D eigenvalue weighted by Crippen LogP contribution is 2.34. The molecule has 0 spiro atoms. The molecule has 1 fully saturated rings. The minimum absolute atomic E-state index is 0.0998. The zero-order chi connectivity index (χ0) is 18.8. The summed E-state index contributed by atoms with van der Waals surface area (Å²) >= 11 is 1.18. The standard InChI is InChI=1S/C18H24N4O2S2/c1-18(14-6-4-3-5-7-14)10-11-22(13-18)17(20-2)21-12-15-8-9-16(25-15)26(19,23)24/h3-9H,10-13H2,1-2H3,(H,20,21)(H2,19,23,24). The Morgan fingerprint density at radius 3 is 2.65 bits per heavy atom. The summed E-state index contributed by atoms with van der Waals surface area (Å²) in [6.07, 6.45) is 1.06. The number of hydrogen-bond donors (Lipinski definition) is 2. The highest BCUT2D eigenvalue weighted by molar-refractivity contribution is 7.91. The zero-order valence-electron chi connectivity index (χ0n) is 15.0. The molecule has 2 aromatic rings. The van der Waals surface area contributed by atoms with E-state index in [1.807, 2.05) is 6.07 Å². The summed E-state index contributed by atoms with van der Waals surface area (Å²) < 4.78 is 23.0. The van der Waals surface area contributed by atoms with Crippen molar-refractivity contribution in [2.45, 2.75) is 29.5 Å². The van der Waals surface area contributed by atoms with Crippen LogP contribution >= 0.6 is 11.3 Å². The van der Waals surface area contributed by atoms with Gasteiger partial charge >= 0.3 is 0 Å². The van der Waals surface area contributed by atoms with Crippen LogP contribution in [0.2, 0.25) is 0 Å². The first-order valence-corrected chi connectivity index (χ1v) is 10.8. The Bertz CT molecular complexity index is 893. The van der Waals surface area contributed by atoms with E-state index in [9.17, 15) is 8.42 Å². The van der Waals surface area contributed by atoms with Gasteiger partial charge < -0.3 is 10.2 Å². The van der Waals surface area contributed by atoms with Gasteiger partial charge in [0.2, 0.25) is 10.0 Å². The molecule has 1 aromatic carbocycles. The normalized spacial score (nSPS) is 21.2. The minimum atomic E-state index is -3.64. The monoisotopic (exact) mass is 392 g/mol. The van der Waals surface area contributed by atoms with Gasteiger partial charge in [-0.15, -0.1) is 11.3 Å². The van der Waals surface area contributed by atoms with Crippen molar-refractivity contribution in [3.63, 3.8) is 0 Å². The van der Waals surface area contributed by atoms with Crippen molar-refractivity contribution in [1.29, 1.82) is 0 Å². The number of primary sulfonamides is 1. The van der Waals surface area contributed by atoms with E-state index in [1.54, 1.807) is 19.2 Å². The van der Waals surface area contributed by atoms with Gasteiger partial charge in [0.05, 0.1) is 6.54 Å². The van der Waals surface area contributed by atoms with Gasteiger partial charge in [0.25, 0.3) is 0 Å². The van der Waals surface area contributed by atoms with Gasteiger partial charge in [0.1, 0.15) is 4.21 Å². The first-order chi connectivity index (χ1) is 12.3. The second-order valence-corrected chi connectivity index (χ2v) is 9.72. The molecule has 0 amide bonds. The lowest BCUT2D eigenvalue weighted by Crippen LogP contribution is -2.41. The summed E-state index contributed by atoms with van der Waals surface area (Å²) in [6.45, 7) is 4.63. The van der Waals surface area contributed by atoms with Gasteiger partial charge in [-0.3, -0.25) is 4.99 Å². The third kappa shape index (κ3) is 4.08. The van der Waals surface area contributed by atoms with Gasteiger partial charge in [0, 0.05) is 30.4 Å². The molecule has 26 heavy (non-hydrogen) atoms. The number of benzene rings is 1. The molecular formula is C18H24N4O2S2. The summed E-state index contributed by atoms with van der Waals surface area (Å²) in [6, 6.07) is 13.9. The van der Waals surface area contributed by atoms with Crippen molar-refractivity contribution in [3.05, 3.63) is 52.9 Å². The molecule has 1 aromatic heterocycles. The maximum Gasteiger partial charge on any atom is 0.247 e. The van der Waals surface area contributed by atoms with Crippen LogP contribution in [-0.4, -0.2) is 39.4 Å². The van der Waals surface area contributed by atoms with E-state index in [0.29, 0.717) is 6.54 Å². The molecule has 0 radical (unpaired) electrons. The Labute approximate surface area is 158 Å². The molecule has 1 aliphatic heterocycles. The number of rotatable bonds is 4. The van der Waals surface area contributed by atoms with E-state index in [2.05, 4.69) is 46.4 Å².